The Kier molecular flexibility index (Phi) is 5.89. The van der Waals surface area contributed by atoms with Crippen molar-refractivity contribution in [2.75, 3.05) is 6.54 Å². The Balaban J connectivity index is 3.22. The van der Waals surface area contributed by atoms with Gasteiger partial charge in [-0.25, -0.2) is 8.42 Å². The van der Waals surface area contributed by atoms with Crippen LogP contribution in [0.4, 0.5) is 0 Å². The van der Waals surface area contributed by atoms with E-state index in [1.54, 1.807) is 16.6 Å². The number of nitrogens with zero attached hydrogens (tertiary/aromatic N) is 2. The molecule has 0 aliphatic heterocycles. The van der Waals surface area contributed by atoms with Gasteiger partial charge >= 0.3 is 0 Å². The van der Waals surface area contributed by atoms with Crippen LogP contribution in [-0.2, 0) is 22.4 Å². The van der Waals surface area contributed by atoms with Crippen LogP contribution in [0.25, 0.3) is 0 Å². The molecule has 1 heterocycles. The van der Waals surface area contributed by atoms with Crippen LogP contribution >= 0.6 is 11.6 Å². The largest absolute Gasteiger partial charge is 0.349 e. The fourth-order valence-electron chi connectivity index (χ4n) is 2.13. The summed E-state index contributed by atoms with van der Waals surface area (Å²) in [6.45, 7) is 8.95. The molecule has 19 heavy (non-hydrogen) atoms. The van der Waals surface area contributed by atoms with Crippen molar-refractivity contribution in [3.8, 4) is 0 Å². The minimum absolute atomic E-state index is 0.000530. The predicted octanol–water partition coefficient (Wildman–Crippen LogP) is 3.06. The van der Waals surface area contributed by atoms with E-state index in [-0.39, 0.29) is 6.04 Å². The number of hydrogen-bond acceptors (Lipinski definition) is 2. The second-order valence-electron chi connectivity index (χ2n) is 4.55. The second kappa shape index (κ2) is 6.77. The lowest BCUT2D eigenvalue weighted by molar-refractivity contribution is 0.342. The van der Waals surface area contributed by atoms with Crippen molar-refractivity contribution in [1.82, 2.24) is 8.87 Å². The summed E-state index contributed by atoms with van der Waals surface area (Å²) in [5.74, 6) is 0.318. The first-order valence-corrected chi connectivity index (χ1v) is 8.66. The standard InChI is InChI=1S/C13H23ClN2O2S/c1-5-11(4)16(7-3)19(17,18)13-8-12(9-14)15(6-2)10-13/h8,10-11H,5-7,9H2,1-4H3. The summed E-state index contributed by atoms with van der Waals surface area (Å²) < 4.78 is 28.7. The molecule has 0 bridgehead atoms. The maximum absolute atomic E-state index is 12.6. The molecule has 0 amide bonds. The van der Waals surface area contributed by atoms with Crippen LogP contribution in [0.15, 0.2) is 17.2 Å². The molecule has 4 nitrogen and oxygen atoms in total. The molecule has 1 aromatic rings. The van der Waals surface area contributed by atoms with Gasteiger partial charge in [0.2, 0.25) is 10.0 Å². The monoisotopic (exact) mass is 306 g/mol. The van der Waals surface area contributed by atoms with E-state index >= 15 is 0 Å². The van der Waals surface area contributed by atoms with Gasteiger partial charge in [-0.05, 0) is 26.3 Å². The Morgan fingerprint density at radius 2 is 2.00 bits per heavy atom. The second-order valence-corrected chi connectivity index (χ2v) is 6.71. The quantitative estimate of drug-likeness (QED) is 0.727. The van der Waals surface area contributed by atoms with E-state index in [1.807, 2.05) is 32.3 Å². The maximum Gasteiger partial charge on any atom is 0.244 e. The molecule has 110 valence electrons. The van der Waals surface area contributed by atoms with Gasteiger partial charge in [0.1, 0.15) is 4.90 Å². The third kappa shape index (κ3) is 3.33. The van der Waals surface area contributed by atoms with Gasteiger partial charge in [-0.3, -0.25) is 0 Å². The average Bonchev–Trinajstić information content (AvgIpc) is 2.82. The van der Waals surface area contributed by atoms with Crippen LogP contribution in [-0.4, -0.2) is 29.9 Å². The molecule has 0 radical (unpaired) electrons. The van der Waals surface area contributed by atoms with Crippen molar-refractivity contribution in [3.63, 3.8) is 0 Å². The first-order valence-electron chi connectivity index (χ1n) is 6.69. The number of sulfonamides is 1. The highest BCUT2D eigenvalue weighted by molar-refractivity contribution is 7.89. The average molecular weight is 307 g/mol. The van der Waals surface area contributed by atoms with Crippen LogP contribution in [0.5, 0.6) is 0 Å². The Morgan fingerprint density at radius 1 is 1.37 bits per heavy atom. The number of hydrogen-bond donors (Lipinski definition) is 0. The summed E-state index contributed by atoms with van der Waals surface area (Å²) in [6.07, 6.45) is 2.47. The van der Waals surface area contributed by atoms with E-state index in [9.17, 15) is 8.42 Å². The van der Waals surface area contributed by atoms with Gasteiger partial charge in [0.05, 0.1) is 5.88 Å². The lowest BCUT2D eigenvalue weighted by Gasteiger charge is -2.25. The summed E-state index contributed by atoms with van der Waals surface area (Å²) in [5.41, 5.74) is 0.836. The van der Waals surface area contributed by atoms with Crippen LogP contribution < -0.4 is 0 Å². The normalized spacial score (nSPS) is 14.0. The molecule has 6 heteroatoms. The predicted molar refractivity (Wildman–Crippen MR) is 79.0 cm³/mol. The first-order chi connectivity index (χ1) is 8.92. The van der Waals surface area contributed by atoms with E-state index in [2.05, 4.69) is 0 Å². The highest BCUT2D eigenvalue weighted by atomic mass is 35.5. The van der Waals surface area contributed by atoms with Gasteiger partial charge in [-0.2, -0.15) is 4.31 Å². The molecule has 0 aliphatic rings. The van der Waals surface area contributed by atoms with Crippen molar-refractivity contribution in [1.29, 1.82) is 0 Å². The highest BCUT2D eigenvalue weighted by Crippen LogP contribution is 2.22. The van der Waals surface area contributed by atoms with Gasteiger partial charge in [-0.15, -0.1) is 11.6 Å². The summed E-state index contributed by atoms with van der Waals surface area (Å²) in [6, 6.07) is 1.68. The summed E-state index contributed by atoms with van der Waals surface area (Å²) in [5, 5.41) is 0. The molecule has 0 saturated carbocycles. The summed E-state index contributed by atoms with van der Waals surface area (Å²) in [7, 11) is -3.43. The van der Waals surface area contributed by atoms with Crippen molar-refractivity contribution in [2.24, 2.45) is 0 Å². The third-order valence-electron chi connectivity index (χ3n) is 3.44. The lowest BCUT2D eigenvalue weighted by Crippen LogP contribution is -2.37. The number of rotatable bonds is 7. The van der Waals surface area contributed by atoms with Crippen molar-refractivity contribution in [2.45, 2.75) is 57.5 Å². The highest BCUT2D eigenvalue weighted by Gasteiger charge is 2.28. The molecule has 0 spiro atoms. The molecular weight excluding hydrogens is 284 g/mol. The molecule has 1 unspecified atom stereocenters. The summed E-state index contributed by atoms with van der Waals surface area (Å²) >= 11 is 5.85. The molecular formula is C13H23ClN2O2S. The zero-order valence-corrected chi connectivity index (χ0v) is 13.6. The van der Waals surface area contributed by atoms with Crippen molar-refractivity contribution >= 4 is 21.6 Å². The Hall–Kier alpha value is -0.520. The molecule has 0 aliphatic carbocycles. The fraction of sp³-hybridized carbons (Fsp3) is 0.692. The molecule has 0 aromatic carbocycles. The lowest BCUT2D eigenvalue weighted by atomic mass is 10.3. The zero-order valence-electron chi connectivity index (χ0n) is 12.1. The smallest absolute Gasteiger partial charge is 0.244 e. The minimum atomic E-state index is -3.43. The van der Waals surface area contributed by atoms with Gasteiger partial charge in [-0.1, -0.05) is 13.8 Å². The van der Waals surface area contributed by atoms with Crippen molar-refractivity contribution < 1.29 is 8.42 Å². The zero-order chi connectivity index (χ0) is 14.6. The molecule has 1 aromatic heterocycles. The molecule has 0 saturated heterocycles. The van der Waals surface area contributed by atoms with Gasteiger partial charge in [0.15, 0.2) is 0 Å². The maximum atomic E-state index is 12.6. The number of halogens is 1. The Labute approximate surface area is 121 Å². The molecule has 0 N–H and O–H groups in total. The number of alkyl halides is 1. The minimum Gasteiger partial charge on any atom is -0.349 e. The van der Waals surface area contributed by atoms with Crippen molar-refractivity contribution in [3.05, 3.63) is 18.0 Å². The van der Waals surface area contributed by atoms with E-state index in [0.29, 0.717) is 23.9 Å². The SMILES string of the molecule is CCC(C)N(CC)S(=O)(=O)c1cc(CCl)n(CC)c1. The number of aromatic nitrogens is 1. The topological polar surface area (TPSA) is 42.3 Å². The molecule has 1 atom stereocenters. The van der Waals surface area contributed by atoms with Crippen LogP contribution in [0.1, 0.15) is 39.8 Å². The van der Waals surface area contributed by atoms with Gasteiger partial charge in [0, 0.05) is 31.0 Å². The third-order valence-corrected chi connectivity index (χ3v) is 5.77. The van der Waals surface area contributed by atoms with E-state index in [0.717, 1.165) is 12.1 Å². The van der Waals surface area contributed by atoms with E-state index < -0.39 is 10.0 Å². The Bertz CT molecular complexity index is 489. The van der Waals surface area contributed by atoms with Crippen LogP contribution in [0, 0.1) is 0 Å². The first kappa shape index (κ1) is 16.5. The van der Waals surface area contributed by atoms with Gasteiger partial charge < -0.3 is 4.57 Å². The molecule has 0 fully saturated rings. The van der Waals surface area contributed by atoms with E-state index in [1.165, 1.54) is 0 Å². The number of aryl methyl sites for hydroxylation is 1. The summed E-state index contributed by atoms with van der Waals surface area (Å²) in [4.78, 5) is 0.340. The molecule has 1 rings (SSSR count). The van der Waals surface area contributed by atoms with Crippen LogP contribution in [0.3, 0.4) is 0 Å². The Morgan fingerprint density at radius 3 is 2.37 bits per heavy atom. The van der Waals surface area contributed by atoms with Gasteiger partial charge in [0.25, 0.3) is 0 Å². The fourth-order valence-corrected chi connectivity index (χ4v) is 4.14. The van der Waals surface area contributed by atoms with E-state index in [4.69, 9.17) is 11.6 Å². The van der Waals surface area contributed by atoms with Crippen LogP contribution in [0.2, 0.25) is 0 Å².